The van der Waals surface area contributed by atoms with Crippen LogP contribution in [0.5, 0.6) is 0 Å². The Morgan fingerprint density at radius 2 is 2.12 bits per heavy atom. The zero-order valence-corrected chi connectivity index (χ0v) is 11.1. The first-order valence-electron chi connectivity index (χ1n) is 5.61. The second kappa shape index (κ2) is 4.75. The van der Waals surface area contributed by atoms with Gasteiger partial charge < -0.3 is 11.1 Å². The predicted octanol–water partition coefficient (Wildman–Crippen LogP) is 3.52. The first kappa shape index (κ1) is 11.9. The lowest BCUT2D eigenvalue weighted by molar-refractivity contribution is 0.862. The summed E-state index contributed by atoms with van der Waals surface area (Å²) in [5.74, 6) is 0. The average molecular weight is 247 g/mol. The van der Waals surface area contributed by atoms with Gasteiger partial charge in [0, 0.05) is 22.4 Å². The first-order chi connectivity index (χ1) is 8.08. The number of nitrogens with two attached hydrogens (primary N) is 1. The van der Waals surface area contributed by atoms with E-state index >= 15 is 0 Å². The molecule has 0 aliphatic carbocycles. The van der Waals surface area contributed by atoms with Gasteiger partial charge in [0.25, 0.3) is 0 Å². The van der Waals surface area contributed by atoms with E-state index in [4.69, 9.17) is 5.73 Å². The van der Waals surface area contributed by atoms with Gasteiger partial charge in [0.1, 0.15) is 5.01 Å². The molecule has 4 heteroatoms. The molecule has 3 N–H and O–H groups in total. The minimum Gasteiger partial charge on any atom is -0.398 e. The number of hydrogen-bond acceptors (Lipinski definition) is 4. The molecule has 0 spiro atoms. The maximum atomic E-state index is 5.89. The van der Waals surface area contributed by atoms with Gasteiger partial charge in [-0.1, -0.05) is 6.07 Å². The van der Waals surface area contributed by atoms with Crippen LogP contribution in [0.15, 0.2) is 23.6 Å². The molecule has 2 aromatic rings. The number of aromatic nitrogens is 1. The molecule has 0 saturated carbocycles. The maximum Gasteiger partial charge on any atom is 0.115 e. The SMILES string of the molecule is Cc1csc(C(C)Nc2cccc(N)c2C)n1. The standard InChI is InChI=1S/C13H17N3S/c1-8-7-17-13(15-8)10(3)16-12-6-4-5-11(14)9(12)2/h4-7,10,16H,14H2,1-3H3. The van der Waals surface area contributed by atoms with Gasteiger partial charge in [0.15, 0.2) is 0 Å². The molecule has 90 valence electrons. The van der Waals surface area contributed by atoms with Crippen LogP contribution in [0, 0.1) is 13.8 Å². The van der Waals surface area contributed by atoms with Crippen molar-refractivity contribution in [1.82, 2.24) is 4.98 Å². The number of anilines is 2. The van der Waals surface area contributed by atoms with Crippen molar-refractivity contribution < 1.29 is 0 Å². The van der Waals surface area contributed by atoms with Crippen molar-refractivity contribution in [3.63, 3.8) is 0 Å². The van der Waals surface area contributed by atoms with E-state index in [-0.39, 0.29) is 6.04 Å². The van der Waals surface area contributed by atoms with Crippen LogP contribution < -0.4 is 11.1 Å². The molecule has 0 saturated heterocycles. The Labute approximate surface area is 106 Å². The Hall–Kier alpha value is -1.55. The Bertz CT molecular complexity index is 519. The molecular formula is C13H17N3S. The van der Waals surface area contributed by atoms with E-state index in [1.54, 1.807) is 11.3 Å². The van der Waals surface area contributed by atoms with Crippen LogP contribution in [0.2, 0.25) is 0 Å². The van der Waals surface area contributed by atoms with E-state index in [9.17, 15) is 0 Å². The van der Waals surface area contributed by atoms with Gasteiger partial charge in [0.05, 0.1) is 6.04 Å². The summed E-state index contributed by atoms with van der Waals surface area (Å²) >= 11 is 1.68. The number of hydrogen-bond donors (Lipinski definition) is 2. The number of rotatable bonds is 3. The molecule has 1 aromatic carbocycles. The van der Waals surface area contributed by atoms with E-state index in [2.05, 4.69) is 22.6 Å². The van der Waals surface area contributed by atoms with Gasteiger partial charge in [-0.2, -0.15) is 0 Å². The number of nitrogen functional groups attached to an aromatic ring is 1. The van der Waals surface area contributed by atoms with E-state index in [0.29, 0.717) is 0 Å². The van der Waals surface area contributed by atoms with Crippen LogP contribution in [-0.4, -0.2) is 4.98 Å². The first-order valence-corrected chi connectivity index (χ1v) is 6.49. The quantitative estimate of drug-likeness (QED) is 0.816. The molecule has 1 aromatic heterocycles. The Morgan fingerprint density at radius 3 is 2.76 bits per heavy atom. The summed E-state index contributed by atoms with van der Waals surface area (Å²) in [5.41, 5.74) is 9.94. The van der Waals surface area contributed by atoms with Crippen molar-refractivity contribution in [1.29, 1.82) is 0 Å². The third kappa shape index (κ3) is 2.58. The summed E-state index contributed by atoms with van der Waals surface area (Å²) in [5, 5.41) is 6.62. The molecule has 0 aliphatic heterocycles. The van der Waals surface area contributed by atoms with Gasteiger partial charge in [-0.15, -0.1) is 11.3 Å². The highest BCUT2D eigenvalue weighted by molar-refractivity contribution is 7.09. The second-order valence-electron chi connectivity index (χ2n) is 4.21. The van der Waals surface area contributed by atoms with Crippen molar-refractivity contribution in [2.75, 3.05) is 11.1 Å². The average Bonchev–Trinajstić information content (AvgIpc) is 2.72. The monoisotopic (exact) mass is 247 g/mol. The summed E-state index contributed by atoms with van der Waals surface area (Å²) in [6.45, 7) is 6.15. The number of aryl methyl sites for hydroxylation is 1. The largest absolute Gasteiger partial charge is 0.398 e. The van der Waals surface area contributed by atoms with Crippen molar-refractivity contribution in [3.05, 3.63) is 39.8 Å². The highest BCUT2D eigenvalue weighted by atomic mass is 32.1. The van der Waals surface area contributed by atoms with Gasteiger partial charge in [-0.3, -0.25) is 0 Å². The summed E-state index contributed by atoms with van der Waals surface area (Å²) in [7, 11) is 0. The topological polar surface area (TPSA) is 50.9 Å². The molecule has 1 unspecified atom stereocenters. The van der Waals surface area contributed by atoms with Crippen LogP contribution in [0.3, 0.4) is 0 Å². The van der Waals surface area contributed by atoms with E-state index < -0.39 is 0 Å². The van der Waals surface area contributed by atoms with Crippen LogP contribution in [-0.2, 0) is 0 Å². The fourth-order valence-electron chi connectivity index (χ4n) is 1.68. The summed E-state index contributed by atoms with van der Waals surface area (Å²) in [6, 6.07) is 6.13. The van der Waals surface area contributed by atoms with Gasteiger partial charge >= 0.3 is 0 Å². The van der Waals surface area contributed by atoms with Crippen molar-refractivity contribution in [3.8, 4) is 0 Å². The molecule has 0 fully saturated rings. The van der Waals surface area contributed by atoms with Gasteiger partial charge in [0.2, 0.25) is 0 Å². The van der Waals surface area contributed by atoms with Crippen LogP contribution >= 0.6 is 11.3 Å². The third-order valence-electron chi connectivity index (χ3n) is 2.75. The molecule has 1 heterocycles. The van der Waals surface area contributed by atoms with E-state index in [1.165, 1.54) is 0 Å². The zero-order valence-electron chi connectivity index (χ0n) is 10.3. The van der Waals surface area contributed by atoms with Crippen molar-refractivity contribution >= 4 is 22.7 Å². The van der Waals surface area contributed by atoms with Gasteiger partial charge in [-0.25, -0.2) is 4.98 Å². The normalized spacial score (nSPS) is 12.4. The molecule has 1 atom stereocenters. The Kier molecular flexibility index (Phi) is 3.33. The molecule has 3 nitrogen and oxygen atoms in total. The van der Waals surface area contributed by atoms with E-state index in [0.717, 1.165) is 27.6 Å². The summed E-state index contributed by atoms with van der Waals surface area (Å²) in [4.78, 5) is 4.48. The molecular weight excluding hydrogens is 230 g/mol. The van der Waals surface area contributed by atoms with Crippen LogP contribution in [0.1, 0.15) is 29.2 Å². The van der Waals surface area contributed by atoms with Crippen molar-refractivity contribution in [2.24, 2.45) is 0 Å². The van der Waals surface area contributed by atoms with Gasteiger partial charge in [-0.05, 0) is 38.5 Å². The highest BCUT2D eigenvalue weighted by Gasteiger charge is 2.10. The lowest BCUT2D eigenvalue weighted by Crippen LogP contribution is -2.08. The number of thiazole rings is 1. The minimum atomic E-state index is 0.203. The highest BCUT2D eigenvalue weighted by Crippen LogP contribution is 2.26. The van der Waals surface area contributed by atoms with Crippen molar-refractivity contribution in [2.45, 2.75) is 26.8 Å². The Balaban J connectivity index is 2.18. The molecule has 0 radical (unpaired) electrons. The number of benzene rings is 1. The van der Waals surface area contributed by atoms with Crippen LogP contribution in [0.4, 0.5) is 11.4 Å². The zero-order chi connectivity index (χ0) is 12.4. The maximum absolute atomic E-state index is 5.89. The number of nitrogens with zero attached hydrogens (tertiary/aromatic N) is 1. The molecule has 0 amide bonds. The van der Waals surface area contributed by atoms with E-state index in [1.807, 2.05) is 32.0 Å². The fourth-order valence-corrected chi connectivity index (χ4v) is 2.48. The minimum absolute atomic E-state index is 0.203. The smallest absolute Gasteiger partial charge is 0.115 e. The summed E-state index contributed by atoms with van der Waals surface area (Å²) < 4.78 is 0. The molecule has 0 aliphatic rings. The van der Waals surface area contributed by atoms with Crippen LogP contribution in [0.25, 0.3) is 0 Å². The summed E-state index contributed by atoms with van der Waals surface area (Å²) in [6.07, 6.45) is 0. The molecule has 2 rings (SSSR count). The fraction of sp³-hybridized carbons (Fsp3) is 0.308. The molecule has 0 bridgehead atoms. The predicted molar refractivity (Wildman–Crippen MR) is 74.5 cm³/mol. The lowest BCUT2D eigenvalue weighted by atomic mass is 10.1. The molecule has 17 heavy (non-hydrogen) atoms. The Morgan fingerprint density at radius 1 is 1.35 bits per heavy atom. The second-order valence-corrected chi connectivity index (χ2v) is 5.10. The lowest BCUT2D eigenvalue weighted by Gasteiger charge is -2.15. The number of nitrogens with one attached hydrogen (secondary N) is 1. The third-order valence-corrected chi connectivity index (χ3v) is 3.90.